The smallest absolute Gasteiger partial charge is 0.269 e. The molecule has 2 rings (SSSR count). The number of hydrogen-bond acceptors (Lipinski definition) is 7. The molecule has 0 amide bonds. The van der Waals surface area contributed by atoms with Gasteiger partial charge in [0.25, 0.3) is 5.69 Å². The predicted molar refractivity (Wildman–Crippen MR) is 85.9 cm³/mol. The lowest BCUT2D eigenvalue weighted by Gasteiger charge is -2.03. The molecule has 0 saturated carbocycles. The lowest BCUT2D eigenvalue weighted by atomic mass is 10.3. The maximum atomic E-state index is 10.6. The van der Waals surface area contributed by atoms with Gasteiger partial charge in [-0.3, -0.25) is 15.5 Å². The van der Waals surface area contributed by atoms with Gasteiger partial charge in [0.15, 0.2) is 0 Å². The Hall–Kier alpha value is -3.36. The molecule has 0 unspecified atom stereocenters. The Morgan fingerprint density at radius 1 is 1.04 bits per heavy atom. The minimum atomic E-state index is -0.438. The summed E-state index contributed by atoms with van der Waals surface area (Å²) >= 11 is 1.46. The highest BCUT2D eigenvalue weighted by Gasteiger charge is 2.05. The van der Waals surface area contributed by atoms with E-state index in [1.165, 1.54) is 23.9 Å². The maximum absolute atomic E-state index is 10.6. The summed E-state index contributed by atoms with van der Waals surface area (Å²) in [6.45, 7) is 0. The lowest BCUT2D eigenvalue weighted by Crippen LogP contribution is -1.95. The maximum Gasteiger partial charge on any atom is 0.269 e. The molecule has 0 aromatic heterocycles. The van der Waals surface area contributed by atoms with E-state index < -0.39 is 4.92 Å². The zero-order valence-corrected chi connectivity index (χ0v) is 12.4. The highest BCUT2D eigenvalue weighted by atomic mass is 32.2. The van der Waals surface area contributed by atoms with E-state index in [1.807, 2.05) is 12.1 Å². The van der Waals surface area contributed by atoms with Gasteiger partial charge in [0.2, 0.25) is 5.71 Å². The van der Waals surface area contributed by atoms with Gasteiger partial charge in [0.05, 0.1) is 10.6 Å². The number of benzene rings is 2. The largest absolute Gasteiger partial charge is 0.277 e. The molecule has 2 aromatic rings. The van der Waals surface area contributed by atoms with Gasteiger partial charge in [-0.25, -0.2) is 0 Å². The second-order valence-electron chi connectivity index (χ2n) is 4.17. The van der Waals surface area contributed by atoms with Crippen molar-refractivity contribution in [3.05, 3.63) is 58.6 Å². The summed E-state index contributed by atoms with van der Waals surface area (Å²) in [4.78, 5) is 12.0. The van der Waals surface area contributed by atoms with Gasteiger partial charge in [-0.2, -0.15) is 15.6 Å². The van der Waals surface area contributed by atoms with E-state index in [0.29, 0.717) is 5.69 Å². The zero-order valence-electron chi connectivity index (χ0n) is 11.6. The number of anilines is 1. The Kier molecular flexibility index (Phi) is 5.29. The third-order valence-electron chi connectivity index (χ3n) is 2.65. The summed E-state index contributed by atoms with van der Waals surface area (Å²) in [5.41, 5.74) is 3.05. The van der Waals surface area contributed by atoms with E-state index in [2.05, 4.69) is 10.5 Å². The first kappa shape index (κ1) is 16.0. The summed E-state index contributed by atoms with van der Waals surface area (Å²) in [6, 6.07) is 16.8. The number of rotatable bonds is 5. The third-order valence-corrected chi connectivity index (χ3v) is 3.66. The molecule has 0 bridgehead atoms. The standard InChI is InChI=1S/C15H9N5O2S/c16-9-12(10-17)19-18-11-1-5-14(6-2-11)23-15-7-3-13(4-8-15)20(21)22/h1-8,18H. The molecule has 112 valence electrons. The van der Waals surface area contributed by atoms with E-state index in [4.69, 9.17) is 10.5 Å². The SMILES string of the molecule is N#CC(C#N)=NNc1ccc(Sc2ccc([N+](=O)[O-])cc2)cc1. The Morgan fingerprint density at radius 3 is 2.04 bits per heavy atom. The van der Waals surface area contributed by atoms with Gasteiger partial charge in [0, 0.05) is 21.9 Å². The van der Waals surface area contributed by atoms with Crippen LogP contribution < -0.4 is 5.43 Å². The number of nitro groups is 1. The number of hydrogen-bond donors (Lipinski definition) is 1. The summed E-state index contributed by atoms with van der Waals surface area (Å²) in [5, 5.41) is 31.4. The minimum Gasteiger partial charge on any atom is -0.277 e. The predicted octanol–water partition coefficient (Wildman–Crippen LogP) is 3.56. The molecule has 0 saturated heterocycles. The Labute approximate surface area is 136 Å². The summed E-state index contributed by atoms with van der Waals surface area (Å²) in [6.07, 6.45) is 0. The van der Waals surface area contributed by atoms with Gasteiger partial charge >= 0.3 is 0 Å². The van der Waals surface area contributed by atoms with Crippen LogP contribution in [0.15, 0.2) is 63.4 Å². The van der Waals surface area contributed by atoms with Gasteiger partial charge in [-0.15, -0.1) is 0 Å². The number of nitriles is 2. The molecule has 23 heavy (non-hydrogen) atoms. The van der Waals surface area contributed by atoms with Crippen LogP contribution in [0.2, 0.25) is 0 Å². The number of nitrogens with one attached hydrogen (secondary N) is 1. The Balaban J connectivity index is 2.03. The van der Waals surface area contributed by atoms with Crippen LogP contribution in [0.3, 0.4) is 0 Å². The second kappa shape index (κ2) is 7.59. The molecule has 0 aliphatic heterocycles. The van der Waals surface area contributed by atoms with Crippen LogP contribution >= 0.6 is 11.8 Å². The average Bonchev–Trinajstić information content (AvgIpc) is 2.58. The molecule has 8 heteroatoms. The van der Waals surface area contributed by atoms with Crippen molar-refractivity contribution in [1.29, 1.82) is 10.5 Å². The van der Waals surface area contributed by atoms with Crippen LogP contribution in [-0.2, 0) is 0 Å². The van der Waals surface area contributed by atoms with Gasteiger partial charge in [0.1, 0.15) is 12.1 Å². The van der Waals surface area contributed by atoms with Crippen molar-refractivity contribution in [2.45, 2.75) is 9.79 Å². The van der Waals surface area contributed by atoms with Crippen LogP contribution in [0, 0.1) is 32.8 Å². The van der Waals surface area contributed by atoms with E-state index >= 15 is 0 Å². The monoisotopic (exact) mass is 323 g/mol. The zero-order chi connectivity index (χ0) is 16.7. The minimum absolute atomic E-state index is 0.0533. The van der Waals surface area contributed by atoms with Crippen molar-refractivity contribution >= 4 is 28.8 Å². The fourth-order valence-electron chi connectivity index (χ4n) is 1.56. The Morgan fingerprint density at radius 2 is 1.57 bits per heavy atom. The third kappa shape index (κ3) is 4.56. The van der Waals surface area contributed by atoms with E-state index in [0.717, 1.165) is 9.79 Å². The molecule has 0 radical (unpaired) electrons. The molecule has 0 aliphatic carbocycles. The molecular formula is C15H9N5O2S. The summed E-state index contributed by atoms with van der Waals surface area (Å²) in [7, 11) is 0. The van der Waals surface area contributed by atoms with E-state index in [1.54, 1.807) is 36.4 Å². The molecule has 7 nitrogen and oxygen atoms in total. The van der Waals surface area contributed by atoms with Crippen molar-refractivity contribution in [3.63, 3.8) is 0 Å². The molecule has 0 spiro atoms. The fraction of sp³-hybridized carbons (Fsp3) is 0. The van der Waals surface area contributed by atoms with Crippen LogP contribution in [0.5, 0.6) is 0 Å². The van der Waals surface area contributed by atoms with Crippen molar-refractivity contribution in [1.82, 2.24) is 0 Å². The average molecular weight is 323 g/mol. The quantitative estimate of drug-likeness (QED) is 0.511. The first-order valence-electron chi connectivity index (χ1n) is 6.28. The highest BCUT2D eigenvalue weighted by Crippen LogP contribution is 2.29. The molecule has 0 heterocycles. The van der Waals surface area contributed by atoms with Gasteiger partial charge in [-0.1, -0.05) is 11.8 Å². The van der Waals surface area contributed by atoms with Gasteiger partial charge < -0.3 is 0 Å². The van der Waals surface area contributed by atoms with Crippen molar-refractivity contribution in [2.24, 2.45) is 5.10 Å². The van der Waals surface area contributed by atoms with Crippen molar-refractivity contribution in [2.75, 3.05) is 5.43 Å². The summed E-state index contributed by atoms with van der Waals surface area (Å²) in [5.74, 6) is 0. The van der Waals surface area contributed by atoms with Gasteiger partial charge in [-0.05, 0) is 36.4 Å². The Bertz CT molecular complexity index is 801. The lowest BCUT2D eigenvalue weighted by molar-refractivity contribution is -0.384. The molecule has 1 N–H and O–H groups in total. The molecule has 0 aliphatic rings. The van der Waals surface area contributed by atoms with E-state index in [9.17, 15) is 10.1 Å². The van der Waals surface area contributed by atoms with Crippen molar-refractivity contribution < 1.29 is 4.92 Å². The molecule has 0 fully saturated rings. The molecule has 0 atom stereocenters. The highest BCUT2D eigenvalue weighted by molar-refractivity contribution is 7.99. The van der Waals surface area contributed by atoms with Crippen LogP contribution in [0.4, 0.5) is 11.4 Å². The number of non-ortho nitro benzene ring substituents is 1. The van der Waals surface area contributed by atoms with Crippen LogP contribution in [0.25, 0.3) is 0 Å². The molecular weight excluding hydrogens is 314 g/mol. The number of nitrogens with zero attached hydrogens (tertiary/aromatic N) is 4. The topological polar surface area (TPSA) is 115 Å². The van der Waals surface area contributed by atoms with Crippen molar-refractivity contribution in [3.8, 4) is 12.1 Å². The first-order chi connectivity index (χ1) is 11.1. The molecule has 2 aromatic carbocycles. The summed E-state index contributed by atoms with van der Waals surface area (Å²) < 4.78 is 0. The second-order valence-corrected chi connectivity index (χ2v) is 5.32. The normalized spacial score (nSPS) is 9.30. The first-order valence-corrected chi connectivity index (χ1v) is 7.10. The number of hydrazone groups is 1. The fourth-order valence-corrected chi connectivity index (χ4v) is 2.38. The van der Waals surface area contributed by atoms with Crippen LogP contribution in [0.1, 0.15) is 0 Å². The van der Waals surface area contributed by atoms with E-state index in [-0.39, 0.29) is 11.4 Å². The van der Waals surface area contributed by atoms with Crippen LogP contribution in [-0.4, -0.2) is 10.6 Å². The number of nitro benzene ring substituents is 1.